The summed E-state index contributed by atoms with van der Waals surface area (Å²) in [6.07, 6.45) is 3.86. The van der Waals surface area contributed by atoms with Gasteiger partial charge in [-0.05, 0) is 29.7 Å². The quantitative estimate of drug-likeness (QED) is 0.601. The van der Waals surface area contributed by atoms with Crippen LogP contribution in [-0.2, 0) is 6.54 Å². The highest BCUT2D eigenvalue weighted by Gasteiger charge is 2.16. The minimum absolute atomic E-state index is 0.133. The van der Waals surface area contributed by atoms with Crippen LogP contribution in [-0.4, -0.2) is 30.2 Å². The molecule has 0 bridgehead atoms. The van der Waals surface area contributed by atoms with Crippen molar-refractivity contribution >= 4 is 11.0 Å². The number of aromatic amines is 1. The first-order chi connectivity index (χ1) is 12.9. The monoisotopic (exact) mass is 357 g/mol. The third-order valence-corrected chi connectivity index (χ3v) is 4.19. The second-order valence-corrected chi connectivity index (χ2v) is 7.74. The van der Waals surface area contributed by atoms with Crippen LogP contribution < -0.4 is 0 Å². The number of rotatable bonds is 3. The van der Waals surface area contributed by atoms with Crippen molar-refractivity contribution in [2.45, 2.75) is 27.3 Å². The first kappa shape index (κ1) is 16.9. The number of pyridine rings is 1. The maximum atomic E-state index is 9.29. The summed E-state index contributed by atoms with van der Waals surface area (Å²) < 4.78 is 1.94. The van der Waals surface area contributed by atoms with E-state index in [2.05, 4.69) is 52.3 Å². The van der Waals surface area contributed by atoms with Crippen molar-refractivity contribution in [1.29, 1.82) is 5.26 Å². The number of fused-ring (bicyclic) bond motifs is 1. The summed E-state index contributed by atoms with van der Waals surface area (Å²) in [6, 6.07) is 11.6. The van der Waals surface area contributed by atoms with Gasteiger partial charge in [-0.25, -0.2) is 4.98 Å². The van der Waals surface area contributed by atoms with Gasteiger partial charge in [0.2, 0.25) is 0 Å². The first-order valence-electron chi connectivity index (χ1n) is 8.68. The zero-order chi connectivity index (χ0) is 19.0. The predicted molar refractivity (Wildman–Crippen MR) is 103 cm³/mol. The van der Waals surface area contributed by atoms with E-state index in [1.807, 2.05) is 41.3 Å². The number of nitrogens with one attached hydrogen (secondary N) is 1. The molecule has 4 aromatic rings. The summed E-state index contributed by atoms with van der Waals surface area (Å²) >= 11 is 0. The van der Waals surface area contributed by atoms with Crippen LogP contribution >= 0.6 is 0 Å². The SMILES string of the molecule is CC(C)(C)Cn1cc(-c2ccc(C#N)nc2-c2ccc3nn[nH]c3c2)cn1. The standard InChI is InChI=1S/C20H19N7/c1-20(2,3)12-27-11-14(10-22-27)16-6-5-15(9-21)23-19(16)13-4-7-17-18(8-13)25-26-24-17/h4-8,10-11H,12H2,1-3H3,(H,24,25,26). The van der Waals surface area contributed by atoms with E-state index >= 15 is 0 Å². The highest BCUT2D eigenvalue weighted by Crippen LogP contribution is 2.32. The van der Waals surface area contributed by atoms with Gasteiger partial charge < -0.3 is 0 Å². The molecule has 3 heterocycles. The Morgan fingerprint density at radius 2 is 2.00 bits per heavy atom. The van der Waals surface area contributed by atoms with Crippen molar-refractivity contribution in [3.8, 4) is 28.5 Å². The van der Waals surface area contributed by atoms with E-state index in [0.29, 0.717) is 5.69 Å². The van der Waals surface area contributed by atoms with Crippen molar-refractivity contribution in [3.05, 3.63) is 48.4 Å². The van der Waals surface area contributed by atoms with Crippen molar-refractivity contribution < 1.29 is 0 Å². The van der Waals surface area contributed by atoms with Crippen LogP contribution in [0.1, 0.15) is 26.5 Å². The topological polar surface area (TPSA) is 96.1 Å². The van der Waals surface area contributed by atoms with Crippen LogP contribution in [0.5, 0.6) is 0 Å². The minimum Gasteiger partial charge on any atom is -0.272 e. The maximum absolute atomic E-state index is 9.29. The van der Waals surface area contributed by atoms with Crippen molar-refractivity contribution in [3.63, 3.8) is 0 Å². The van der Waals surface area contributed by atoms with Gasteiger partial charge in [0.05, 0.1) is 17.4 Å². The van der Waals surface area contributed by atoms with E-state index in [9.17, 15) is 5.26 Å². The molecule has 7 nitrogen and oxygen atoms in total. The van der Waals surface area contributed by atoms with Crippen molar-refractivity contribution in [2.75, 3.05) is 0 Å². The van der Waals surface area contributed by atoms with E-state index in [1.54, 1.807) is 6.07 Å². The largest absolute Gasteiger partial charge is 0.272 e. The summed E-state index contributed by atoms with van der Waals surface area (Å²) in [5.41, 5.74) is 5.65. The summed E-state index contributed by atoms with van der Waals surface area (Å²) in [4.78, 5) is 4.56. The number of hydrogen-bond acceptors (Lipinski definition) is 5. The minimum atomic E-state index is 0.133. The van der Waals surface area contributed by atoms with Crippen LogP contribution in [0.4, 0.5) is 0 Å². The van der Waals surface area contributed by atoms with Gasteiger partial charge in [0, 0.05) is 29.4 Å². The molecule has 0 unspecified atom stereocenters. The molecule has 27 heavy (non-hydrogen) atoms. The average molecular weight is 357 g/mol. The molecule has 0 atom stereocenters. The molecule has 134 valence electrons. The molecule has 0 aliphatic carbocycles. The second kappa shape index (κ2) is 6.32. The molecule has 1 aromatic carbocycles. The smallest absolute Gasteiger partial charge is 0.141 e. The Morgan fingerprint density at radius 1 is 1.15 bits per heavy atom. The van der Waals surface area contributed by atoms with E-state index in [1.165, 1.54) is 0 Å². The van der Waals surface area contributed by atoms with Gasteiger partial charge in [0.25, 0.3) is 0 Å². The zero-order valence-corrected chi connectivity index (χ0v) is 15.4. The first-order valence-corrected chi connectivity index (χ1v) is 8.68. The molecule has 0 fully saturated rings. The zero-order valence-electron chi connectivity index (χ0n) is 15.4. The van der Waals surface area contributed by atoms with E-state index < -0.39 is 0 Å². The molecule has 3 aromatic heterocycles. The molecule has 0 spiro atoms. The molecule has 0 amide bonds. The Bertz CT molecular complexity index is 1150. The number of H-pyrrole nitrogens is 1. The number of nitrogens with zero attached hydrogens (tertiary/aromatic N) is 6. The lowest BCUT2D eigenvalue weighted by Crippen LogP contribution is -2.15. The number of nitriles is 1. The van der Waals surface area contributed by atoms with Crippen LogP contribution in [0.15, 0.2) is 42.7 Å². The highest BCUT2D eigenvalue weighted by molar-refractivity contribution is 5.86. The maximum Gasteiger partial charge on any atom is 0.141 e. The highest BCUT2D eigenvalue weighted by atomic mass is 15.3. The third kappa shape index (κ3) is 3.42. The van der Waals surface area contributed by atoms with Crippen LogP contribution in [0.25, 0.3) is 33.4 Å². The molecule has 0 saturated carbocycles. The Balaban J connectivity index is 1.83. The predicted octanol–water partition coefficient (Wildman–Crippen LogP) is 3.80. The summed E-state index contributed by atoms with van der Waals surface area (Å²) in [5, 5.41) is 24.5. The van der Waals surface area contributed by atoms with Gasteiger partial charge in [-0.3, -0.25) is 9.78 Å². The number of aromatic nitrogens is 6. The van der Waals surface area contributed by atoms with Gasteiger partial charge in [-0.15, -0.1) is 5.10 Å². The lowest BCUT2D eigenvalue weighted by atomic mass is 9.97. The Hall–Kier alpha value is -3.53. The molecular formula is C20H19N7. The van der Waals surface area contributed by atoms with Gasteiger partial charge >= 0.3 is 0 Å². The van der Waals surface area contributed by atoms with Crippen LogP contribution in [0.3, 0.4) is 0 Å². The molecule has 0 saturated heterocycles. The van der Waals surface area contributed by atoms with Crippen LogP contribution in [0, 0.1) is 16.7 Å². The van der Waals surface area contributed by atoms with Crippen LogP contribution in [0.2, 0.25) is 0 Å². The van der Waals surface area contributed by atoms with Gasteiger partial charge in [0.1, 0.15) is 17.3 Å². The second-order valence-electron chi connectivity index (χ2n) is 7.74. The van der Waals surface area contributed by atoms with E-state index in [4.69, 9.17) is 0 Å². The lowest BCUT2D eigenvalue weighted by molar-refractivity contribution is 0.325. The van der Waals surface area contributed by atoms with Gasteiger partial charge in [-0.2, -0.15) is 10.4 Å². The summed E-state index contributed by atoms with van der Waals surface area (Å²) in [7, 11) is 0. The fraction of sp³-hybridized carbons (Fsp3) is 0.250. The molecule has 0 aliphatic rings. The molecule has 0 radical (unpaired) electrons. The Morgan fingerprint density at radius 3 is 2.78 bits per heavy atom. The molecular weight excluding hydrogens is 338 g/mol. The Kier molecular flexibility index (Phi) is 3.96. The van der Waals surface area contributed by atoms with Crippen molar-refractivity contribution in [1.82, 2.24) is 30.2 Å². The lowest BCUT2D eigenvalue weighted by Gasteiger charge is -2.17. The number of benzene rings is 1. The van der Waals surface area contributed by atoms with Crippen molar-refractivity contribution in [2.24, 2.45) is 5.41 Å². The van der Waals surface area contributed by atoms with E-state index in [0.717, 1.165) is 40.0 Å². The van der Waals surface area contributed by atoms with E-state index in [-0.39, 0.29) is 5.41 Å². The van der Waals surface area contributed by atoms with Gasteiger partial charge in [0.15, 0.2) is 0 Å². The van der Waals surface area contributed by atoms with Gasteiger partial charge in [-0.1, -0.05) is 32.1 Å². The fourth-order valence-electron chi connectivity index (χ4n) is 3.04. The fourth-order valence-corrected chi connectivity index (χ4v) is 3.04. The normalized spacial score (nSPS) is 11.6. The number of hydrogen-bond donors (Lipinski definition) is 1. The summed E-state index contributed by atoms with van der Waals surface area (Å²) in [6.45, 7) is 7.35. The molecule has 1 N–H and O–H groups in total. The third-order valence-electron chi connectivity index (χ3n) is 4.19. The molecule has 7 heteroatoms. The molecule has 4 rings (SSSR count). The average Bonchev–Trinajstić information content (AvgIpc) is 3.28. The Labute approximate surface area is 156 Å². The summed E-state index contributed by atoms with van der Waals surface area (Å²) in [5.74, 6) is 0. The molecule has 0 aliphatic heterocycles.